The third kappa shape index (κ3) is 3.08. The predicted octanol–water partition coefficient (Wildman–Crippen LogP) is 1.45. The first kappa shape index (κ1) is 16.1. The number of aryl methyl sites for hydroxylation is 1. The van der Waals surface area contributed by atoms with Crippen molar-refractivity contribution in [1.82, 2.24) is 20.5 Å². The number of nitrogens with zero attached hydrogens (tertiary/aromatic N) is 3. The molecule has 2 amide bonds. The van der Waals surface area contributed by atoms with Crippen molar-refractivity contribution >= 4 is 34.2 Å². The van der Waals surface area contributed by atoms with Crippen molar-refractivity contribution < 1.29 is 9.59 Å². The number of aromatic amines is 1. The van der Waals surface area contributed by atoms with Gasteiger partial charge in [0.05, 0.1) is 23.9 Å². The number of fused-ring (bicyclic) bond motifs is 1. The number of carbonyl (C=O) groups is 2. The minimum absolute atomic E-state index is 0.0175. The number of H-pyrrole nitrogens is 1. The summed E-state index contributed by atoms with van der Waals surface area (Å²) in [5, 5.41) is 13.4. The Morgan fingerprint density at radius 3 is 2.92 bits per heavy atom. The topological polar surface area (TPSA) is 103 Å². The van der Waals surface area contributed by atoms with Gasteiger partial charge in [0, 0.05) is 18.5 Å². The molecule has 2 aromatic heterocycles. The number of benzene rings is 1. The molecular weight excluding hydrogens is 332 g/mol. The molecule has 1 aliphatic heterocycles. The van der Waals surface area contributed by atoms with E-state index < -0.39 is 0 Å². The molecule has 3 aromatic rings. The molecule has 26 heavy (non-hydrogen) atoms. The molecule has 132 valence electrons. The van der Waals surface area contributed by atoms with E-state index in [0.717, 1.165) is 16.5 Å². The standard InChI is InChI=1S/C18H18N6O2/c1-11-2-4-14-13(8-11)17(23-22-14)18(26)21-12-3-5-15(20-9-12)24-7-6-19-16(25)10-24/h2-5,8-9H,6-7,10H2,1H3,(H,19,25)(H,21,26)(H,22,23). The van der Waals surface area contributed by atoms with E-state index in [9.17, 15) is 9.59 Å². The Labute approximate surface area is 149 Å². The van der Waals surface area contributed by atoms with Crippen LogP contribution in [0.5, 0.6) is 0 Å². The van der Waals surface area contributed by atoms with Gasteiger partial charge in [-0.2, -0.15) is 5.10 Å². The van der Waals surface area contributed by atoms with Crippen LogP contribution >= 0.6 is 0 Å². The summed E-state index contributed by atoms with van der Waals surface area (Å²) in [6, 6.07) is 9.36. The van der Waals surface area contributed by atoms with Crippen LogP contribution in [0.15, 0.2) is 36.5 Å². The normalized spacial score (nSPS) is 14.3. The lowest BCUT2D eigenvalue weighted by atomic mass is 10.1. The smallest absolute Gasteiger partial charge is 0.276 e. The molecule has 1 aromatic carbocycles. The Hall–Kier alpha value is -3.42. The largest absolute Gasteiger partial charge is 0.353 e. The molecule has 0 aliphatic carbocycles. The van der Waals surface area contributed by atoms with Gasteiger partial charge in [-0.15, -0.1) is 0 Å². The zero-order valence-corrected chi connectivity index (χ0v) is 14.2. The van der Waals surface area contributed by atoms with Crippen LogP contribution in [0.1, 0.15) is 16.1 Å². The molecule has 0 unspecified atom stereocenters. The van der Waals surface area contributed by atoms with E-state index in [-0.39, 0.29) is 18.4 Å². The fourth-order valence-corrected chi connectivity index (χ4v) is 2.97. The Morgan fingerprint density at radius 1 is 1.27 bits per heavy atom. The summed E-state index contributed by atoms with van der Waals surface area (Å²) in [5.41, 5.74) is 2.80. The number of rotatable bonds is 3. The minimum Gasteiger partial charge on any atom is -0.353 e. The van der Waals surface area contributed by atoms with Crippen molar-refractivity contribution in [3.63, 3.8) is 0 Å². The minimum atomic E-state index is -0.297. The monoisotopic (exact) mass is 350 g/mol. The molecule has 4 rings (SSSR count). The average Bonchev–Trinajstić information content (AvgIpc) is 3.05. The van der Waals surface area contributed by atoms with Gasteiger partial charge in [0.15, 0.2) is 5.69 Å². The molecule has 0 radical (unpaired) electrons. The van der Waals surface area contributed by atoms with Crippen LogP contribution in [0.4, 0.5) is 11.5 Å². The molecule has 8 heteroatoms. The van der Waals surface area contributed by atoms with Crippen LogP contribution in [-0.2, 0) is 4.79 Å². The lowest BCUT2D eigenvalue weighted by molar-refractivity contribution is -0.120. The van der Waals surface area contributed by atoms with Gasteiger partial charge in [-0.3, -0.25) is 14.7 Å². The first-order chi connectivity index (χ1) is 12.6. The SMILES string of the molecule is Cc1ccc2[nH]nc(C(=O)Nc3ccc(N4CCNC(=O)C4)nc3)c2c1. The van der Waals surface area contributed by atoms with E-state index in [0.29, 0.717) is 30.3 Å². The highest BCUT2D eigenvalue weighted by Gasteiger charge is 2.18. The molecule has 0 spiro atoms. The lowest BCUT2D eigenvalue weighted by Gasteiger charge is -2.27. The van der Waals surface area contributed by atoms with Crippen LogP contribution in [0, 0.1) is 6.92 Å². The van der Waals surface area contributed by atoms with Crippen molar-refractivity contribution in [2.75, 3.05) is 29.9 Å². The molecule has 1 saturated heterocycles. The summed E-state index contributed by atoms with van der Waals surface area (Å²) >= 11 is 0. The summed E-state index contributed by atoms with van der Waals surface area (Å²) in [7, 11) is 0. The van der Waals surface area contributed by atoms with Crippen molar-refractivity contribution in [2.24, 2.45) is 0 Å². The summed E-state index contributed by atoms with van der Waals surface area (Å²) in [4.78, 5) is 30.3. The van der Waals surface area contributed by atoms with Crippen LogP contribution < -0.4 is 15.5 Å². The van der Waals surface area contributed by atoms with Gasteiger partial charge < -0.3 is 15.5 Å². The third-order valence-electron chi connectivity index (χ3n) is 4.30. The second kappa shape index (κ2) is 6.47. The van der Waals surface area contributed by atoms with Crippen LogP contribution in [0.2, 0.25) is 0 Å². The zero-order valence-electron chi connectivity index (χ0n) is 14.2. The van der Waals surface area contributed by atoms with E-state index in [1.165, 1.54) is 0 Å². The molecule has 8 nitrogen and oxygen atoms in total. The van der Waals surface area contributed by atoms with Crippen molar-refractivity contribution in [3.05, 3.63) is 47.8 Å². The summed E-state index contributed by atoms with van der Waals surface area (Å²) in [6.07, 6.45) is 1.58. The maximum absolute atomic E-state index is 12.5. The third-order valence-corrected chi connectivity index (χ3v) is 4.30. The number of piperazine rings is 1. The number of amides is 2. The number of pyridine rings is 1. The molecule has 0 bridgehead atoms. The van der Waals surface area contributed by atoms with E-state index >= 15 is 0 Å². The van der Waals surface area contributed by atoms with Crippen LogP contribution in [0.3, 0.4) is 0 Å². The number of anilines is 2. The lowest BCUT2D eigenvalue weighted by Crippen LogP contribution is -2.48. The second-order valence-corrected chi connectivity index (χ2v) is 6.25. The Balaban J connectivity index is 1.50. The van der Waals surface area contributed by atoms with Gasteiger partial charge in [0.25, 0.3) is 5.91 Å². The van der Waals surface area contributed by atoms with Crippen LogP contribution in [0.25, 0.3) is 10.9 Å². The summed E-state index contributed by atoms with van der Waals surface area (Å²) < 4.78 is 0. The van der Waals surface area contributed by atoms with Gasteiger partial charge in [-0.1, -0.05) is 11.6 Å². The highest BCUT2D eigenvalue weighted by molar-refractivity contribution is 6.11. The quantitative estimate of drug-likeness (QED) is 0.663. The fraction of sp³-hybridized carbons (Fsp3) is 0.222. The summed E-state index contributed by atoms with van der Waals surface area (Å²) in [6.45, 7) is 3.57. The van der Waals surface area contributed by atoms with Crippen molar-refractivity contribution in [2.45, 2.75) is 6.92 Å². The number of carbonyl (C=O) groups excluding carboxylic acids is 2. The highest BCUT2D eigenvalue weighted by Crippen LogP contribution is 2.20. The first-order valence-corrected chi connectivity index (χ1v) is 8.34. The van der Waals surface area contributed by atoms with Gasteiger partial charge >= 0.3 is 0 Å². The van der Waals surface area contributed by atoms with E-state index in [4.69, 9.17) is 0 Å². The van der Waals surface area contributed by atoms with Crippen molar-refractivity contribution in [3.8, 4) is 0 Å². The predicted molar refractivity (Wildman–Crippen MR) is 98.2 cm³/mol. The molecule has 3 N–H and O–H groups in total. The average molecular weight is 350 g/mol. The van der Waals surface area contributed by atoms with Crippen LogP contribution in [-0.4, -0.2) is 46.6 Å². The number of hydrogen-bond donors (Lipinski definition) is 3. The van der Waals surface area contributed by atoms with Gasteiger partial charge in [-0.25, -0.2) is 4.98 Å². The number of aromatic nitrogens is 3. The Kier molecular flexibility index (Phi) is 4.00. The molecule has 3 heterocycles. The molecule has 1 aliphatic rings. The van der Waals surface area contributed by atoms with Gasteiger partial charge in [-0.05, 0) is 31.2 Å². The Bertz CT molecular complexity index is 979. The number of nitrogens with one attached hydrogen (secondary N) is 3. The molecule has 0 atom stereocenters. The summed E-state index contributed by atoms with van der Waals surface area (Å²) in [5.74, 6) is 0.392. The maximum atomic E-state index is 12.5. The van der Waals surface area contributed by atoms with E-state index in [1.54, 1.807) is 18.3 Å². The van der Waals surface area contributed by atoms with Gasteiger partial charge in [0.2, 0.25) is 5.91 Å². The fourth-order valence-electron chi connectivity index (χ4n) is 2.97. The zero-order chi connectivity index (χ0) is 18.1. The maximum Gasteiger partial charge on any atom is 0.276 e. The van der Waals surface area contributed by atoms with Gasteiger partial charge in [0.1, 0.15) is 5.82 Å². The molecule has 0 saturated carbocycles. The highest BCUT2D eigenvalue weighted by atomic mass is 16.2. The first-order valence-electron chi connectivity index (χ1n) is 8.34. The number of hydrogen-bond acceptors (Lipinski definition) is 5. The van der Waals surface area contributed by atoms with E-state index in [1.807, 2.05) is 30.0 Å². The Morgan fingerprint density at radius 2 is 2.15 bits per heavy atom. The molecule has 1 fully saturated rings. The molecular formula is C18H18N6O2. The second-order valence-electron chi connectivity index (χ2n) is 6.25. The van der Waals surface area contributed by atoms with E-state index in [2.05, 4.69) is 25.8 Å². The van der Waals surface area contributed by atoms with Crippen molar-refractivity contribution in [1.29, 1.82) is 0 Å².